The largest absolute Gasteiger partial charge is 0.386 e. The van der Waals surface area contributed by atoms with Crippen LogP contribution in [-0.2, 0) is 51.3 Å². The van der Waals surface area contributed by atoms with Crippen LogP contribution in [0.3, 0.4) is 0 Å². The molecule has 0 spiro atoms. The molecule has 368 valence electrons. The van der Waals surface area contributed by atoms with Crippen molar-refractivity contribution in [1.29, 1.82) is 0 Å². The fourth-order valence-corrected chi connectivity index (χ4v) is 15.8. The Balaban J connectivity index is 0.000000247. The van der Waals surface area contributed by atoms with E-state index in [1.807, 2.05) is 76.2 Å². The van der Waals surface area contributed by atoms with Crippen LogP contribution < -0.4 is 9.80 Å². The van der Waals surface area contributed by atoms with Crippen LogP contribution in [0.4, 0.5) is 11.4 Å². The maximum atomic E-state index is 13.2. The smallest absolute Gasteiger partial charge is 0.252 e. The molecule has 0 radical (unpaired) electrons. The Morgan fingerprint density at radius 2 is 0.879 bits per heavy atom. The fourth-order valence-electron chi connectivity index (χ4n) is 8.15. The lowest BCUT2D eigenvalue weighted by Crippen LogP contribution is -2.59. The molecule has 0 unspecified atom stereocenters. The Labute approximate surface area is 401 Å². The molecule has 22 heteroatoms. The van der Waals surface area contributed by atoms with Gasteiger partial charge in [-0.1, -0.05) is 36.4 Å². The number of piperazine rings is 2. The number of rotatable bonds is 16. The fraction of sp³-hybridized carbons (Fsp3) is 0.545. The van der Waals surface area contributed by atoms with Gasteiger partial charge in [0.05, 0.1) is 35.8 Å². The molecule has 2 saturated heterocycles. The van der Waals surface area contributed by atoms with E-state index in [1.165, 1.54) is 52.4 Å². The van der Waals surface area contributed by atoms with E-state index >= 15 is 0 Å². The van der Waals surface area contributed by atoms with Crippen LogP contribution in [0.5, 0.6) is 0 Å². The SMILES string of the molecule is CC(C)N(C[C@H]1CN(S(=O)(=O)c2cccs2)CCN1c1ccc(C(C)(C)O)cc1)S(C)(=O)=O.CC(C)N(C[C@H]1CN(S(=O)(=O)c2cccs2)CCN1c1ccc(C(C)(C)O)cc1)S(C)(=O)=O. The molecule has 0 aliphatic carbocycles. The average molecular weight is 1030 g/mol. The standard InChI is InChI=1S/2C22H33N3O5S3/c2*1-17(2)25(32(5,27)28)16-20-15-23(33(29,30)21-7-6-14-31-21)12-13-24(20)19-10-8-18(9-11-19)22(3,4)26/h2*6-11,14,17,20,26H,12-13,15-16H2,1-5H3/t2*20-/m11/s1. The van der Waals surface area contributed by atoms with Gasteiger partial charge in [0.25, 0.3) is 20.0 Å². The number of thiophene rings is 2. The van der Waals surface area contributed by atoms with E-state index < -0.39 is 51.3 Å². The average Bonchev–Trinajstić information content (AvgIpc) is 3.98. The third-order valence-corrected chi connectivity index (χ3v) is 21.0. The van der Waals surface area contributed by atoms with Crippen LogP contribution in [0.2, 0.25) is 0 Å². The number of anilines is 2. The van der Waals surface area contributed by atoms with Gasteiger partial charge in [0.2, 0.25) is 20.0 Å². The normalized spacial score (nSPS) is 18.9. The highest BCUT2D eigenvalue weighted by Crippen LogP contribution is 2.32. The predicted molar refractivity (Wildman–Crippen MR) is 265 cm³/mol. The molecule has 66 heavy (non-hydrogen) atoms. The van der Waals surface area contributed by atoms with Crippen molar-refractivity contribution in [2.75, 3.05) is 74.7 Å². The molecule has 2 fully saturated rings. The maximum absolute atomic E-state index is 13.2. The molecular weight excluding hydrogens is 965 g/mol. The highest BCUT2D eigenvalue weighted by Gasteiger charge is 2.39. The molecule has 16 nitrogen and oxygen atoms in total. The summed E-state index contributed by atoms with van der Waals surface area (Å²) in [6, 6.07) is 20.3. The lowest BCUT2D eigenvalue weighted by molar-refractivity contribution is 0.0780. The molecule has 0 saturated carbocycles. The summed E-state index contributed by atoms with van der Waals surface area (Å²) < 4.78 is 109. The Kier molecular flexibility index (Phi) is 17.1. The van der Waals surface area contributed by atoms with E-state index in [2.05, 4.69) is 9.80 Å². The first-order valence-corrected chi connectivity index (χ1v) is 30.0. The van der Waals surface area contributed by atoms with E-state index in [1.54, 1.807) is 62.7 Å². The van der Waals surface area contributed by atoms with Gasteiger partial charge in [-0.15, -0.1) is 22.7 Å². The van der Waals surface area contributed by atoms with Gasteiger partial charge in [-0.2, -0.15) is 17.2 Å². The summed E-state index contributed by atoms with van der Waals surface area (Å²) in [6.45, 7) is 16.2. The summed E-state index contributed by atoms with van der Waals surface area (Å²) >= 11 is 2.35. The van der Waals surface area contributed by atoms with Gasteiger partial charge in [-0.05, 0) is 114 Å². The Bertz CT molecular complexity index is 2460. The van der Waals surface area contributed by atoms with E-state index in [9.17, 15) is 43.9 Å². The van der Waals surface area contributed by atoms with E-state index in [-0.39, 0.29) is 58.8 Å². The Hall–Kier alpha value is -3.00. The second-order valence-corrected chi connectivity index (χ2v) is 28.4. The summed E-state index contributed by atoms with van der Waals surface area (Å²) in [4.78, 5) is 4.13. The second-order valence-electron chi connectivity index (χ2n) is 18.3. The minimum absolute atomic E-state index is 0.167. The van der Waals surface area contributed by atoms with Crippen molar-refractivity contribution in [3.63, 3.8) is 0 Å². The lowest BCUT2D eigenvalue weighted by atomic mass is 9.98. The molecule has 6 rings (SSSR count). The lowest BCUT2D eigenvalue weighted by Gasteiger charge is -2.44. The first-order chi connectivity index (χ1) is 30.4. The second kappa shape index (κ2) is 20.9. The molecule has 2 aliphatic rings. The predicted octanol–water partition coefficient (Wildman–Crippen LogP) is 5.05. The topological polar surface area (TPSA) is 196 Å². The van der Waals surface area contributed by atoms with Crippen LogP contribution in [0.1, 0.15) is 66.5 Å². The van der Waals surface area contributed by atoms with Gasteiger partial charge in [-0.3, -0.25) is 0 Å². The molecule has 4 heterocycles. The van der Waals surface area contributed by atoms with Crippen molar-refractivity contribution in [3.05, 3.63) is 94.7 Å². The molecule has 2 atom stereocenters. The van der Waals surface area contributed by atoms with E-state index in [4.69, 9.17) is 0 Å². The number of sulfonamides is 4. The zero-order valence-corrected chi connectivity index (χ0v) is 44.2. The van der Waals surface area contributed by atoms with Crippen molar-refractivity contribution in [3.8, 4) is 0 Å². The summed E-state index contributed by atoms with van der Waals surface area (Å²) in [5.41, 5.74) is 1.30. The summed E-state index contributed by atoms with van der Waals surface area (Å²) in [6.07, 6.45) is 2.36. The van der Waals surface area contributed by atoms with E-state index in [0.29, 0.717) is 26.2 Å². The minimum atomic E-state index is -3.65. The zero-order chi connectivity index (χ0) is 49.2. The highest BCUT2D eigenvalue weighted by atomic mass is 32.3. The summed E-state index contributed by atoms with van der Waals surface area (Å²) in [7, 11) is -14.3. The summed E-state index contributed by atoms with van der Waals surface area (Å²) in [5, 5.41) is 24.0. The monoisotopic (exact) mass is 1030 g/mol. The third kappa shape index (κ3) is 13.2. The molecular formula is C44H66N6O10S6. The Morgan fingerprint density at radius 1 is 0.561 bits per heavy atom. The summed E-state index contributed by atoms with van der Waals surface area (Å²) in [5.74, 6) is 0. The molecule has 2 aliphatic heterocycles. The van der Waals surface area contributed by atoms with Crippen molar-refractivity contribution in [1.82, 2.24) is 17.2 Å². The third-order valence-electron chi connectivity index (χ3n) is 11.7. The van der Waals surface area contributed by atoms with Gasteiger partial charge in [0.1, 0.15) is 8.42 Å². The van der Waals surface area contributed by atoms with Crippen molar-refractivity contribution in [2.45, 2.75) is 99.2 Å². The molecule has 4 aromatic rings. The van der Waals surface area contributed by atoms with Gasteiger partial charge < -0.3 is 20.0 Å². The highest BCUT2D eigenvalue weighted by molar-refractivity contribution is 7.91. The zero-order valence-electron chi connectivity index (χ0n) is 39.3. The van der Waals surface area contributed by atoms with Crippen molar-refractivity contribution in [2.24, 2.45) is 0 Å². The van der Waals surface area contributed by atoms with Gasteiger partial charge >= 0.3 is 0 Å². The van der Waals surface area contributed by atoms with E-state index in [0.717, 1.165) is 22.5 Å². The van der Waals surface area contributed by atoms with Crippen LogP contribution in [-0.4, -0.2) is 150 Å². The Morgan fingerprint density at radius 3 is 1.12 bits per heavy atom. The van der Waals surface area contributed by atoms with Gasteiger partial charge in [0, 0.05) is 75.8 Å². The van der Waals surface area contributed by atoms with Gasteiger partial charge in [0.15, 0.2) is 0 Å². The quantitative estimate of drug-likeness (QED) is 0.152. The number of hydrogen-bond acceptors (Lipinski definition) is 14. The number of nitrogens with zero attached hydrogens (tertiary/aromatic N) is 6. The number of hydrogen-bond donors (Lipinski definition) is 2. The molecule has 0 bridgehead atoms. The van der Waals surface area contributed by atoms with Crippen LogP contribution in [0.15, 0.2) is 92.0 Å². The van der Waals surface area contributed by atoms with Crippen LogP contribution >= 0.6 is 22.7 Å². The van der Waals surface area contributed by atoms with Crippen molar-refractivity contribution < 1.29 is 43.9 Å². The van der Waals surface area contributed by atoms with Crippen LogP contribution in [0.25, 0.3) is 0 Å². The molecule has 2 aromatic carbocycles. The molecule has 0 amide bonds. The molecule has 2 aromatic heterocycles. The number of benzene rings is 2. The van der Waals surface area contributed by atoms with Crippen LogP contribution in [0, 0.1) is 0 Å². The van der Waals surface area contributed by atoms with Crippen molar-refractivity contribution >= 4 is 74.1 Å². The minimum Gasteiger partial charge on any atom is -0.386 e. The number of aliphatic hydroxyl groups is 2. The maximum Gasteiger partial charge on any atom is 0.252 e. The molecule has 2 N–H and O–H groups in total. The van der Waals surface area contributed by atoms with Gasteiger partial charge in [-0.25, -0.2) is 33.7 Å². The first kappa shape index (κ1) is 53.9. The first-order valence-electron chi connectivity index (χ1n) is 21.6.